The van der Waals surface area contributed by atoms with Crippen LogP contribution in [0.2, 0.25) is 0 Å². The second-order valence-corrected chi connectivity index (χ2v) is 5.39. The van der Waals surface area contributed by atoms with E-state index < -0.39 is 10.0 Å². The molecule has 77 valence electrons. The number of sulfonamides is 1. The van der Waals surface area contributed by atoms with E-state index in [1.807, 2.05) is 0 Å². The normalized spacial score (nSPS) is 11.6. The van der Waals surface area contributed by atoms with Gasteiger partial charge in [-0.05, 0) is 24.6 Å². The van der Waals surface area contributed by atoms with Crippen molar-refractivity contribution in [3.8, 4) is 0 Å². The summed E-state index contributed by atoms with van der Waals surface area (Å²) in [5.74, 6) is 0. The van der Waals surface area contributed by atoms with Gasteiger partial charge in [0.1, 0.15) is 0 Å². The van der Waals surface area contributed by atoms with Crippen LogP contribution in [0.15, 0.2) is 33.6 Å². The molecule has 0 atom stereocenters. The van der Waals surface area contributed by atoms with Crippen molar-refractivity contribution in [2.75, 3.05) is 6.54 Å². The van der Waals surface area contributed by atoms with Gasteiger partial charge in [0.15, 0.2) is 0 Å². The quantitative estimate of drug-likeness (QED) is 0.914. The van der Waals surface area contributed by atoms with Crippen molar-refractivity contribution >= 4 is 26.0 Å². The molecule has 0 aliphatic carbocycles. The molecule has 0 bridgehead atoms. The highest BCUT2D eigenvalue weighted by Crippen LogP contribution is 2.15. The van der Waals surface area contributed by atoms with Crippen LogP contribution < -0.4 is 4.72 Å². The van der Waals surface area contributed by atoms with Gasteiger partial charge in [0, 0.05) is 11.0 Å². The summed E-state index contributed by atoms with van der Waals surface area (Å²) in [6.45, 7) is 3.92. The molecule has 0 aromatic heterocycles. The maximum atomic E-state index is 11.6. The van der Waals surface area contributed by atoms with Crippen LogP contribution >= 0.6 is 15.9 Å². The second-order valence-electron chi connectivity index (χ2n) is 2.71. The fourth-order valence-electron chi connectivity index (χ4n) is 0.924. The third-order valence-corrected chi connectivity index (χ3v) is 3.53. The summed E-state index contributed by atoms with van der Waals surface area (Å²) in [5, 5.41) is 0. The first-order valence-electron chi connectivity index (χ1n) is 4.11. The molecule has 0 aliphatic rings. The Balaban J connectivity index is 2.93. The molecule has 1 N–H and O–H groups in total. The maximum Gasteiger partial charge on any atom is 0.240 e. The Morgan fingerprint density at radius 3 is 2.71 bits per heavy atom. The first-order chi connectivity index (χ1) is 6.56. The van der Waals surface area contributed by atoms with Gasteiger partial charge < -0.3 is 0 Å². The van der Waals surface area contributed by atoms with Crippen molar-refractivity contribution in [1.29, 1.82) is 0 Å². The molecule has 3 nitrogen and oxygen atoms in total. The Hall–Kier alpha value is -0.390. The van der Waals surface area contributed by atoms with Crippen LogP contribution in [0.25, 0.3) is 0 Å². The maximum absolute atomic E-state index is 11.6. The zero-order valence-electron chi connectivity index (χ0n) is 7.53. The third-order valence-electron chi connectivity index (χ3n) is 1.58. The minimum atomic E-state index is -3.36. The van der Waals surface area contributed by atoms with E-state index in [2.05, 4.69) is 27.6 Å². The largest absolute Gasteiger partial charge is 0.240 e. The molecule has 1 rings (SSSR count). The highest BCUT2D eigenvalue weighted by atomic mass is 79.9. The smallest absolute Gasteiger partial charge is 0.211 e. The van der Waals surface area contributed by atoms with Gasteiger partial charge in [0.2, 0.25) is 10.0 Å². The number of hydrogen-bond acceptors (Lipinski definition) is 2. The van der Waals surface area contributed by atoms with Crippen molar-refractivity contribution in [3.63, 3.8) is 0 Å². The van der Waals surface area contributed by atoms with E-state index in [1.165, 1.54) is 0 Å². The number of nitrogens with one attached hydrogen (secondary N) is 1. The van der Waals surface area contributed by atoms with Crippen LogP contribution in [0.5, 0.6) is 0 Å². The van der Waals surface area contributed by atoms with E-state index >= 15 is 0 Å². The van der Waals surface area contributed by atoms with Crippen LogP contribution in [-0.2, 0) is 10.0 Å². The summed E-state index contributed by atoms with van der Waals surface area (Å²) in [4.78, 5) is 0.264. The first-order valence-corrected chi connectivity index (χ1v) is 6.38. The van der Waals surface area contributed by atoms with Crippen LogP contribution in [0.4, 0.5) is 0 Å². The molecule has 0 fully saturated rings. The summed E-state index contributed by atoms with van der Waals surface area (Å²) >= 11 is 3.22. The van der Waals surface area contributed by atoms with Crippen LogP contribution in [-0.4, -0.2) is 15.0 Å². The molecule has 5 heteroatoms. The minimum absolute atomic E-state index is 0.264. The molecule has 0 aliphatic heterocycles. The van der Waals surface area contributed by atoms with Crippen molar-refractivity contribution in [3.05, 3.63) is 35.7 Å². The Kier molecular flexibility index (Phi) is 4.10. The molecule has 0 saturated carbocycles. The molecule has 0 spiro atoms. The van der Waals surface area contributed by atoms with Gasteiger partial charge in [-0.15, -0.1) is 0 Å². The summed E-state index contributed by atoms with van der Waals surface area (Å²) < 4.78 is 26.4. The van der Waals surface area contributed by atoms with Gasteiger partial charge in [-0.25, -0.2) is 13.1 Å². The zero-order chi connectivity index (χ0) is 10.6. The molecule has 0 heterocycles. The van der Waals surface area contributed by atoms with E-state index in [1.54, 1.807) is 24.3 Å². The van der Waals surface area contributed by atoms with Gasteiger partial charge in [0.25, 0.3) is 0 Å². The lowest BCUT2D eigenvalue weighted by Crippen LogP contribution is -2.24. The van der Waals surface area contributed by atoms with Gasteiger partial charge in [-0.1, -0.05) is 28.9 Å². The lowest BCUT2D eigenvalue weighted by Gasteiger charge is -2.05. The summed E-state index contributed by atoms with van der Waals surface area (Å²) in [6.07, 6.45) is 0.535. The third kappa shape index (κ3) is 3.08. The first kappa shape index (κ1) is 11.7. The highest BCUT2D eigenvalue weighted by molar-refractivity contribution is 9.10. The van der Waals surface area contributed by atoms with Gasteiger partial charge in [0.05, 0.1) is 4.90 Å². The van der Waals surface area contributed by atoms with Crippen LogP contribution in [0.1, 0.15) is 6.42 Å². The fraction of sp³-hybridized carbons (Fsp3) is 0.222. The van der Waals surface area contributed by atoms with Crippen molar-refractivity contribution in [1.82, 2.24) is 4.72 Å². The minimum Gasteiger partial charge on any atom is -0.211 e. The Morgan fingerprint density at radius 2 is 2.14 bits per heavy atom. The lowest BCUT2D eigenvalue weighted by atomic mass is 10.4. The van der Waals surface area contributed by atoms with E-state index in [9.17, 15) is 8.42 Å². The molecule has 14 heavy (non-hydrogen) atoms. The van der Waals surface area contributed by atoms with Gasteiger partial charge >= 0.3 is 0 Å². The number of halogens is 1. The summed E-state index contributed by atoms with van der Waals surface area (Å²) in [5.41, 5.74) is 0. The Bertz CT molecular complexity index is 403. The number of hydrogen-bond donors (Lipinski definition) is 1. The molecule has 0 amide bonds. The predicted molar refractivity (Wildman–Crippen MR) is 59.3 cm³/mol. The average Bonchev–Trinajstić information content (AvgIpc) is 2.15. The van der Waals surface area contributed by atoms with Gasteiger partial charge in [-0.3, -0.25) is 0 Å². The topological polar surface area (TPSA) is 46.2 Å². The number of rotatable bonds is 4. The van der Waals surface area contributed by atoms with E-state index in [0.29, 0.717) is 13.0 Å². The fourth-order valence-corrected chi connectivity index (χ4v) is 2.59. The Labute approximate surface area is 92.7 Å². The van der Waals surface area contributed by atoms with E-state index in [-0.39, 0.29) is 4.90 Å². The van der Waals surface area contributed by atoms with Crippen molar-refractivity contribution in [2.24, 2.45) is 0 Å². The highest BCUT2D eigenvalue weighted by Gasteiger charge is 2.12. The molecule has 1 aromatic carbocycles. The lowest BCUT2D eigenvalue weighted by molar-refractivity contribution is 0.582. The number of benzene rings is 1. The molecule has 1 radical (unpaired) electrons. The van der Waals surface area contributed by atoms with Crippen LogP contribution in [0, 0.1) is 6.92 Å². The predicted octanol–water partition coefficient (Wildman–Crippen LogP) is 1.95. The standard InChI is InChI=1S/C9H11BrNO2S/c1-2-6-11-14(12,13)9-5-3-4-8(10)7-9/h3-5,7,11H,1-2,6H2. The zero-order valence-corrected chi connectivity index (χ0v) is 9.94. The molecule has 1 aromatic rings. The van der Waals surface area contributed by atoms with Crippen LogP contribution in [0.3, 0.4) is 0 Å². The van der Waals surface area contributed by atoms with Crippen molar-refractivity contribution in [2.45, 2.75) is 11.3 Å². The van der Waals surface area contributed by atoms with Crippen molar-refractivity contribution < 1.29 is 8.42 Å². The molecular weight excluding hydrogens is 266 g/mol. The monoisotopic (exact) mass is 276 g/mol. The average molecular weight is 277 g/mol. The summed E-state index contributed by atoms with van der Waals surface area (Å²) in [7, 11) is -3.36. The second kappa shape index (κ2) is 4.91. The molecular formula is C9H11BrNO2S. The Morgan fingerprint density at radius 1 is 1.43 bits per heavy atom. The molecule has 0 unspecified atom stereocenters. The molecule has 0 saturated heterocycles. The van der Waals surface area contributed by atoms with E-state index in [4.69, 9.17) is 0 Å². The SMILES string of the molecule is [CH2]CCNS(=O)(=O)c1cccc(Br)c1. The van der Waals surface area contributed by atoms with E-state index in [0.717, 1.165) is 4.47 Å². The van der Waals surface area contributed by atoms with Gasteiger partial charge in [-0.2, -0.15) is 0 Å². The summed E-state index contributed by atoms with van der Waals surface area (Å²) in [6, 6.07) is 6.57.